The molecule has 1 unspecified atom stereocenters. The molecule has 0 saturated heterocycles. The third-order valence-electron chi connectivity index (χ3n) is 5.51. The number of carbonyl (C=O) groups is 3. The van der Waals surface area contributed by atoms with Crippen LogP contribution in [0.3, 0.4) is 0 Å². The maximum absolute atomic E-state index is 13.6. The first-order valence-electron chi connectivity index (χ1n) is 10.1. The number of benzene rings is 3. The number of aromatic nitrogens is 1. The summed E-state index contributed by atoms with van der Waals surface area (Å²) in [4.78, 5) is 41.7. The van der Waals surface area contributed by atoms with Crippen LogP contribution >= 0.6 is 11.6 Å². The Morgan fingerprint density at radius 3 is 2.31 bits per heavy atom. The molecule has 0 fully saturated rings. The number of fused-ring (bicyclic) bond motifs is 3. The van der Waals surface area contributed by atoms with Crippen LogP contribution < -0.4 is 10.2 Å². The maximum atomic E-state index is 13.6. The van der Waals surface area contributed by atoms with E-state index in [-0.39, 0.29) is 12.2 Å². The van der Waals surface area contributed by atoms with Gasteiger partial charge in [0.2, 0.25) is 0 Å². The predicted octanol–water partition coefficient (Wildman–Crippen LogP) is 4.28. The average Bonchev–Trinajstić information content (AvgIpc) is 3.20. The largest absolute Gasteiger partial charge is 0.350 e. The maximum Gasteiger partial charge on any atom is 0.276 e. The minimum absolute atomic E-state index is 0.197. The summed E-state index contributed by atoms with van der Waals surface area (Å²) in [6, 6.07) is 23.5. The second-order valence-electron chi connectivity index (χ2n) is 7.52. The van der Waals surface area contributed by atoms with E-state index in [2.05, 4.69) is 5.32 Å². The SMILES string of the molecule is O=C(NCc1ccccc1)C1C(=O)n2c(cc3cc(Cl)ccc32)C(=O)N1c1ccccc1. The van der Waals surface area contributed by atoms with Crippen molar-refractivity contribution in [3.8, 4) is 0 Å². The van der Waals surface area contributed by atoms with Crippen LogP contribution in [0, 0.1) is 0 Å². The molecule has 6 nitrogen and oxygen atoms in total. The van der Waals surface area contributed by atoms with Crippen molar-refractivity contribution < 1.29 is 14.4 Å². The van der Waals surface area contributed by atoms with Gasteiger partial charge in [-0.15, -0.1) is 0 Å². The highest BCUT2D eigenvalue weighted by Crippen LogP contribution is 2.31. The molecule has 158 valence electrons. The summed E-state index contributed by atoms with van der Waals surface area (Å²) in [6.45, 7) is 0.245. The molecule has 1 aliphatic heterocycles. The summed E-state index contributed by atoms with van der Waals surface area (Å²) in [6.07, 6.45) is 0. The zero-order valence-corrected chi connectivity index (χ0v) is 17.6. The molecule has 0 saturated carbocycles. The molecule has 2 amide bonds. The van der Waals surface area contributed by atoms with Crippen molar-refractivity contribution in [1.82, 2.24) is 9.88 Å². The van der Waals surface area contributed by atoms with Crippen molar-refractivity contribution >= 4 is 45.9 Å². The standard InChI is InChI=1S/C25H18ClN3O3/c26-18-11-12-20-17(13-18)14-21-24(31)28(19-9-5-2-6-10-19)22(25(32)29(20)21)23(30)27-15-16-7-3-1-4-8-16/h1-14,22H,15H2,(H,27,30). The minimum Gasteiger partial charge on any atom is -0.350 e. The van der Waals surface area contributed by atoms with Crippen LogP contribution in [0.5, 0.6) is 0 Å². The van der Waals surface area contributed by atoms with Crippen LogP contribution in [0.15, 0.2) is 84.9 Å². The zero-order chi connectivity index (χ0) is 22.2. The first kappa shape index (κ1) is 20.0. The van der Waals surface area contributed by atoms with Crippen molar-refractivity contribution in [2.75, 3.05) is 4.90 Å². The van der Waals surface area contributed by atoms with Crippen LogP contribution in [0.1, 0.15) is 20.8 Å². The molecule has 1 N–H and O–H groups in total. The molecule has 32 heavy (non-hydrogen) atoms. The Bertz CT molecular complexity index is 1350. The number of rotatable bonds is 4. The Hall–Kier alpha value is -3.90. The van der Waals surface area contributed by atoms with E-state index in [9.17, 15) is 14.4 Å². The van der Waals surface area contributed by atoms with Crippen molar-refractivity contribution in [2.45, 2.75) is 12.6 Å². The predicted molar refractivity (Wildman–Crippen MR) is 123 cm³/mol. The van der Waals surface area contributed by atoms with Crippen molar-refractivity contribution in [2.24, 2.45) is 0 Å². The van der Waals surface area contributed by atoms with E-state index < -0.39 is 23.8 Å². The van der Waals surface area contributed by atoms with Gasteiger partial charge in [0.25, 0.3) is 17.7 Å². The van der Waals surface area contributed by atoms with E-state index in [1.807, 2.05) is 36.4 Å². The van der Waals surface area contributed by atoms with Gasteiger partial charge in [-0.25, -0.2) is 0 Å². The van der Waals surface area contributed by atoms with Crippen molar-refractivity contribution in [3.05, 3.63) is 101 Å². The number of amides is 2. The van der Waals surface area contributed by atoms with Crippen LogP contribution in [0.2, 0.25) is 5.02 Å². The highest BCUT2D eigenvalue weighted by molar-refractivity contribution is 6.31. The minimum atomic E-state index is -1.34. The van der Waals surface area contributed by atoms with Crippen molar-refractivity contribution in [3.63, 3.8) is 0 Å². The Morgan fingerprint density at radius 1 is 0.906 bits per heavy atom. The first-order valence-corrected chi connectivity index (χ1v) is 10.5. The second kappa shape index (κ2) is 7.98. The van der Waals surface area contributed by atoms with E-state index in [0.717, 1.165) is 5.56 Å². The molecule has 2 heterocycles. The molecule has 5 rings (SSSR count). The van der Waals surface area contributed by atoms with Crippen molar-refractivity contribution in [1.29, 1.82) is 0 Å². The van der Waals surface area contributed by atoms with Gasteiger partial charge in [-0.3, -0.25) is 23.9 Å². The number of para-hydroxylation sites is 1. The number of hydrogen-bond donors (Lipinski definition) is 1. The summed E-state index contributed by atoms with van der Waals surface area (Å²) >= 11 is 6.10. The van der Waals surface area contributed by atoms with Gasteiger partial charge >= 0.3 is 0 Å². The fourth-order valence-corrected chi connectivity index (χ4v) is 4.20. The summed E-state index contributed by atoms with van der Waals surface area (Å²) in [7, 11) is 0. The highest BCUT2D eigenvalue weighted by atomic mass is 35.5. The van der Waals surface area contributed by atoms with Crippen LogP contribution in [0.4, 0.5) is 5.69 Å². The summed E-state index contributed by atoms with van der Waals surface area (Å²) in [5.41, 5.74) is 2.10. The molecule has 1 aliphatic rings. The lowest BCUT2D eigenvalue weighted by Crippen LogP contribution is -2.59. The average molecular weight is 444 g/mol. The number of halogens is 1. The molecule has 4 aromatic rings. The van der Waals surface area contributed by atoms with Gasteiger partial charge in [-0.05, 0) is 42.0 Å². The fraction of sp³-hybridized carbons (Fsp3) is 0.0800. The molecule has 3 aromatic carbocycles. The van der Waals surface area contributed by atoms with Gasteiger partial charge in [-0.2, -0.15) is 0 Å². The van der Waals surface area contributed by atoms with Crippen LogP contribution in [-0.4, -0.2) is 28.3 Å². The number of nitrogens with one attached hydrogen (secondary N) is 1. The molecule has 1 aromatic heterocycles. The summed E-state index contributed by atoms with van der Waals surface area (Å²) in [5.74, 6) is -1.47. The quantitative estimate of drug-likeness (QED) is 0.478. The molecular formula is C25H18ClN3O3. The second-order valence-corrected chi connectivity index (χ2v) is 7.96. The molecule has 7 heteroatoms. The molecule has 0 radical (unpaired) electrons. The van der Waals surface area contributed by atoms with Gasteiger partial charge in [0, 0.05) is 22.6 Å². The molecule has 0 aliphatic carbocycles. The van der Waals surface area contributed by atoms with E-state index >= 15 is 0 Å². The van der Waals surface area contributed by atoms with Gasteiger partial charge in [0.05, 0.1) is 5.52 Å². The van der Waals surface area contributed by atoms with Gasteiger partial charge in [0.15, 0.2) is 6.04 Å². The topological polar surface area (TPSA) is 71.4 Å². The van der Waals surface area contributed by atoms with Gasteiger partial charge in [0.1, 0.15) is 5.69 Å². The number of nitrogens with zero attached hydrogens (tertiary/aromatic N) is 2. The highest BCUT2D eigenvalue weighted by Gasteiger charge is 2.44. The van der Waals surface area contributed by atoms with E-state index in [0.29, 0.717) is 21.6 Å². The number of anilines is 1. The lowest BCUT2D eigenvalue weighted by atomic mass is 10.1. The number of hydrogen-bond acceptors (Lipinski definition) is 3. The smallest absolute Gasteiger partial charge is 0.276 e. The normalized spacial score (nSPS) is 15.7. The fourth-order valence-electron chi connectivity index (χ4n) is 4.02. The Kier molecular flexibility index (Phi) is 4.99. The lowest BCUT2D eigenvalue weighted by Gasteiger charge is -2.34. The molecule has 1 atom stereocenters. The van der Waals surface area contributed by atoms with E-state index in [1.165, 1.54) is 9.47 Å². The lowest BCUT2D eigenvalue weighted by molar-refractivity contribution is -0.121. The Labute approximate surface area is 189 Å². The molecule has 0 spiro atoms. The third kappa shape index (κ3) is 3.35. The first-order chi connectivity index (χ1) is 15.5. The monoisotopic (exact) mass is 443 g/mol. The summed E-state index contributed by atoms with van der Waals surface area (Å²) in [5, 5.41) is 3.97. The third-order valence-corrected chi connectivity index (χ3v) is 5.74. The molecular weight excluding hydrogens is 426 g/mol. The number of carbonyl (C=O) groups excluding carboxylic acids is 3. The molecule has 0 bridgehead atoms. The Morgan fingerprint density at radius 2 is 1.59 bits per heavy atom. The zero-order valence-electron chi connectivity index (χ0n) is 16.9. The van der Waals surface area contributed by atoms with Gasteiger partial charge in [-0.1, -0.05) is 60.1 Å². The van der Waals surface area contributed by atoms with Gasteiger partial charge < -0.3 is 5.32 Å². The Balaban J connectivity index is 1.59. The van der Waals surface area contributed by atoms with Crippen LogP contribution in [0.25, 0.3) is 10.9 Å². The van der Waals surface area contributed by atoms with E-state index in [1.54, 1.807) is 48.5 Å². The van der Waals surface area contributed by atoms with Crippen LogP contribution in [-0.2, 0) is 11.3 Å². The van der Waals surface area contributed by atoms with E-state index in [4.69, 9.17) is 11.6 Å². The summed E-state index contributed by atoms with van der Waals surface area (Å²) < 4.78 is 1.32.